The number of rotatable bonds is 8. The molecule has 0 aliphatic rings. The van der Waals surface area contributed by atoms with Crippen molar-refractivity contribution in [3.63, 3.8) is 0 Å². The number of hydrogen-bond donors (Lipinski definition) is 2. The molecule has 0 radical (unpaired) electrons. The van der Waals surface area contributed by atoms with Crippen molar-refractivity contribution in [1.29, 1.82) is 0 Å². The zero-order valence-corrected chi connectivity index (χ0v) is 10.9. The van der Waals surface area contributed by atoms with Gasteiger partial charge in [-0.3, -0.25) is 14.5 Å². The lowest BCUT2D eigenvalue weighted by atomic mass is 10.1. The van der Waals surface area contributed by atoms with Gasteiger partial charge in [0, 0.05) is 13.7 Å². The number of hydrogen-bond acceptors (Lipinski definition) is 4. The first-order chi connectivity index (χ1) is 7.95. The van der Waals surface area contributed by atoms with Crippen molar-refractivity contribution in [2.75, 3.05) is 27.3 Å². The van der Waals surface area contributed by atoms with E-state index in [-0.39, 0.29) is 5.91 Å². The molecule has 2 unspecified atom stereocenters. The molecule has 0 fully saturated rings. The van der Waals surface area contributed by atoms with Gasteiger partial charge in [0.1, 0.15) is 6.04 Å². The van der Waals surface area contributed by atoms with E-state index in [9.17, 15) is 9.59 Å². The van der Waals surface area contributed by atoms with Gasteiger partial charge in [-0.2, -0.15) is 0 Å². The molecule has 0 saturated carbocycles. The van der Waals surface area contributed by atoms with Crippen LogP contribution in [0, 0.1) is 0 Å². The average Bonchev–Trinajstić information content (AvgIpc) is 2.28. The number of ether oxygens (including phenoxy) is 1. The van der Waals surface area contributed by atoms with Crippen molar-refractivity contribution in [2.45, 2.75) is 32.4 Å². The maximum absolute atomic E-state index is 11.7. The van der Waals surface area contributed by atoms with E-state index in [0.717, 1.165) is 0 Å². The van der Waals surface area contributed by atoms with E-state index in [4.69, 9.17) is 9.84 Å². The second kappa shape index (κ2) is 8.03. The summed E-state index contributed by atoms with van der Waals surface area (Å²) >= 11 is 0. The highest BCUT2D eigenvalue weighted by molar-refractivity contribution is 5.82. The second-order valence-corrected chi connectivity index (χ2v) is 3.89. The molecule has 0 aromatic heterocycles. The van der Waals surface area contributed by atoms with E-state index < -0.39 is 18.1 Å². The summed E-state index contributed by atoms with van der Waals surface area (Å²) in [5.41, 5.74) is 0. The van der Waals surface area contributed by atoms with Crippen molar-refractivity contribution in [1.82, 2.24) is 10.2 Å². The number of carboxylic acids is 1. The molecule has 1 amide bonds. The van der Waals surface area contributed by atoms with Crippen LogP contribution in [0.2, 0.25) is 0 Å². The number of carbonyl (C=O) groups is 2. The van der Waals surface area contributed by atoms with Crippen molar-refractivity contribution in [3.8, 4) is 0 Å². The van der Waals surface area contributed by atoms with Gasteiger partial charge in [0.15, 0.2) is 0 Å². The summed E-state index contributed by atoms with van der Waals surface area (Å²) in [6.45, 7) is 4.34. The molecule has 0 aliphatic carbocycles. The van der Waals surface area contributed by atoms with Crippen LogP contribution in [0.1, 0.15) is 20.3 Å². The Morgan fingerprint density at radius 2 is 2.06 bits per heavy atom. The highest BCUT2D eigenvalue weighted by Gasteiger charge is 2.28. The van der Waals surface area contributed by atoms with E-state index in [0.29, 0.717) is 19.6 Å². The minimum Gasteiger partial charge on any atom is -0.480 e. The molecule has 0 spiro atoms. The number of amides is 1. The van der Waals surface area contributed by atoms with Crippen molar-refractivity contribution >= 4 is 11.9 Å². The van der Waals surface area contributed by atoms with Crippen molar-refractivity contribution in [3.05, 3.63) is 0 Å². The monoisotopic (exact) mass is 246 g/mol. The molecular weight excluding hydrogens is 224 g/mol. The maximum atomic E-state index is 11.7. The lowest BCUT2D eigenvalue weighted by Gasteiger charge is -2.28. The fourth-order valence-electron chi connectivity index (χ4n) is 1.52. The number of methoxy groups -OCH3 is 1. The zero-order valence-electron chi connectivity index (χ0n) is 10.9. The van der Waals surface area contributed by atoms with Gasteiger partial charge in [-0.25, -0.2) is 0 Å². The number of likely N-dealkylation sites (N-methyl/N-ethyl adjacent to an activating group) is 1. The summed E-state index contributed by atoms with van der Waals surface area (Å²) in [5, 5.41) is 11.7. The van der Waals surface area contributed by atoms with Gasteiger partial charge in [0.05, 0.1) is 12.6 Å². The van der Waals surface area contributed by atoms with Crippen LogP contribution in [0.25, 0.3) is 0 Å². The molecule has 0 saturated heterocycles. The smallest absolute Gasteiger partial charge is 0.320 e. The number of aliphatic carboxylic acids is 1. The third kappa shape index (κ3) is 5.14. The van der Waals surface area contributed by atoms with E-state index in [1.54, 1.807) is 32.9 Å². The first-order valence-electron chi connectivity index (χ1n) is 5.67. The van der Waals surface area contributed by atoms with Gasteiger partial charge >= 0.3 is 5.97 Å². The Kier molecular flexibility index (Phi) is 7.49. The summed E-state index contributed by atoms with van der Waals surface area (Å²) in [4.78, 5) is 24.2. The molecule has 0 rings (SSSR count). The molecule has 17 heavy (non-hydrogen) atoms. The van der Waals surface area contributed by atoms with Gasteiger partial charge in [-0.1, -0.05) is 6.92 Å². The van der Waals surface area contributed by atoms with Crippen LogP contribution in [0.5, 0.6) is 0 Å². The van der Waals surface area contributed by atoms with E-state index in [1.807, 2.05) is 0 Å². The Balaban J connectivity index is 4.31. The summed E-state index contributed by atoms with van der Waals surface area (Å²) in [6, 6.07) is -1.12. The highest BCUT2D eigenvalue weighted by atomic mass is 16.5. The van der Waals surface area contributed by atoms with Gasteiger partial charge < -0.3 is 15.2 Å². The highest BCUT2D eigenvalue weighted by Crippen LogP contribution is 2.07. The largest absolute Gasteiger partial charge is 0.480 e. The minimum absolute atomic E-state index is 0.191. The second-order valence-electron chi connectivity index (χ2n) is 3.89. The van der Waals surface area contributed by atoms with Crippen LogP contribution in [0.4, 0.5) is 0 Å². The lowest BCUT2D eigenvalue weighted by Crippen LogP contribution is -2.50. The zero-order chi connectivity index (χ0) is 13.4. The first-order valence-corrected chi connectivity index (χ1v) is 5.67. The summed E-state index contributed by atoms with van der Waals surface area (Å²) in [7, 11) is 3.20. The van der Waals surface area contributed by atoms with Crippen LogP contribution in [0.15, 0.2) is 0 Å². The third-order valence-electron chi connectivity index (χ3n) is 2.76. The van der Waals surface area contributed by atoms with Gasteiger partial charge in [0.25, 0.3) is 0 Å². The molecular formula is C11H22N2O4. The normalized spacial score (nSPS) is 14.4. The summed E-state index contributed by atoms with van der Waals surface area (Å²) < 4.78 is 4.82. The van der Waals surface area contributed by atoms with E-state index in [2.05, 4.69) is 5.32 Å². The quantitative estimate of drug-likeness (QED) is 0.586. The molecule has 6 nitrogen and oxygen atoms in total. The molecule has 2 N–H and O–H groups in total. The molecule has 0 aromatic carbocycles. The van der Waals surface area contributed by atoms with Gasteiger partial charge in [-0.05, 0) is 20.4 Å². The van der Waals surface area contributed by atoms with E-state index >= 15 is 0 Å². The van der Waals surface area contributed by atoms with Crippen molar-refractivity contribution in [2.24, 2.45) is 0 Å². The SMILES string of the molecule is CCC(C(=O)O)N(C)C(C)C(=O)NCCOC. The predicted molar refractivity (Wildman–Crippen MR) is 63.8 cm³/mol. The standard InChI is InChI=1S/C11H22N2O4/c1-5-9(11(15)16)13(3)8(2)10(14)12-6-7-17-4/h8-9H,5-7H2,1-4H3,(H,12,14)(H,15,16). The fraction of sp³-hybridized carbons (Fsp3) is 0.818. The number of nitrogens with one attached hydrogen (secondary N) is 1. The molecule has 100 valence electrons. The average molecular weight is 246 g/mol. The Morgan fingerprint density at radius 3 is 2.47 bits per heavy atom. The third-order valence-corrected chi connectivity index (χ3v) is 2.76. The number of nitrogens with zero attached hydrogens (tertiary/aromatic N) is 1. The Bertz CT molecular complexity index is 258. The van der Waals surface area contributed by atoms with Gasteiger partial charge in [-0.15, -0.1) is 0 Å². The van der Waals surface area contributed by atoms with Crippen LogP contribution in [-0.2, 0) is 14.3 Å². The van der Waals surface area contributed by atoms with Crippen LogP contribution < -0.4 is 5.32 Å². The number of carbonyl (C=O) groups excluding carboxylic acids is 1. The van der Waals surface area contributed by atoms with Crippen LogP contribution in [0.3, 0.4) is 0 Å². The summed E-state index contributed by atoms with van der Waals surface area (Å²) in [5.74, 6) is -1.10. The van der Waals surface area contributed by atoms with Gasteiger partial charge in [0.2, 0.25) is 5.91 Å². The van der Waals surface area contributed by atoms with Crippen LogP contribution in [-0.4, -0.2) is 61.3 Å². The minimum atomic E-state index is -0.911. The molecule has 0 heterocycles. The Morgan fingerprint density at radius 1 is 1.47 bits per heavy atom. The molecule has 0 aromatic rings. The van der Waals surface area contributed by atoms with Crippen molar-refractivity contribution < 1.29 is 19.4 Å². The summed E-state index contributed by atoms with van der Waals surface area (Å²) in [6.07, 6.45) is 0.460. The van der Waals surface area contributed by atoms with E-state index in [1.165, 1.54) is 0 Å². The molecule has 0 bridgehead atoms. The Labute approximate surface area is 102 Å². The predicted octanol–water partition coefficient (Wildman–Crippen LogP) is -0.0675. The fourth-order valence-corrected chi connectivity index (χ4v) is 1.52. The lowest BCUT2D eigenvalue weighted by molar-refractivity contribution is -0.144. The number of carboxylic acid groups (broad SMARTS) is 1. The first kappa shape index (κ1) is 15.9. The molecule has 2 atom stereocenters. The molecule has 6 heteroatoms. The Hall–Kier alpha value is -1.14. The maximum Gasteiger partial charge on any atom is 0.320 e. The van der Waals surface area contributed by atoms with Crippen LogP contribution >= 0.6 is 0 Å². The topological polar surface area (TPSA) is 78.9 Å². The molecule has 0 aliphatic heterocycles.